The van der Waals surface area contributed by atoms with Gasteiger partial charge < -0.3 is 14.8 Å². The zero-order valence-electron chi connectivity index (χ0n) is 12.9. The summed E-state index contributed by atoms with van der Waals surface area (Å²) in [6.07, 6.45) is 3.75. The van der Waals surface area contributed by atoms with E-state index in [9.17, 15) is 9.59 Å². The first-order valence-corrected chi connectivity index (χ1v) is 8.65. The van der Waals surface area contributed by atoms with Crippen LogP contribution in [0.25, 0.3) is 10.8 Å². The molecule has 1 aliphatic heterocycles. The zero-order valence-corrected chi connectivity index (χ0v) is 13.8. The molecule has 6 nitrogen and oxygen atoms in total. The fourth-order valence-electron chi connectivity index (χ4n) is 3.06. The molecule has 1 aliphatic rings. The molecule has 2 aromatic heterocycles. The predicted octanol–water partition coefficient (Wildman–Crippen LogP) is 1.95. The molecule has 0 radical (unpaired) electrons. The summed E-state index contributed by atoms with van der Waals surface area (Å²) >= 11 is 1.02. The lowest BCUT2D eigenvalue weighted by Crippen LogP contribution is -2.49. The second-order valence-corrected chi connectivity index (χ2v) is 6.56. The number of carbonyl (C=O) groups is 1. The van der Waals surface area contributed by atoms with E-state index >= 15 is 0 Å². The number of pyridine rings is 1. The first-order valence-electron chi connectivity index (χ1n) is 7.77. The summed E-state index contributed by atoms with van der Waals surface area (Å²) in [4.78, 5) is 34.4. The van der Waals surface area contributed by atoms with E-state index in [4.69, 9.17) is 0 Å². The topological polar surface area (TPSA) is 69.3 Å². The Balaban J connectivity index is 1.51. The van der Waals surface area contributed by atoms with Gasteiger partial charge in [-0.15, -0.1) is 0 Å². The Hall–Kier alpha value is -2.67. The van der Waals surface area contributed by atoms with E-state index in [1.54, 1.807) is 10.3 Å². The van der Waals surface area contributed by atoms with Crippen LogP contribution >= 0.6 is 11.3 Å². The van der Waals surface area contributed by atoms with Crippen molar-refractivity contribution in [1.82, 2.24) is 14.9 Å². The van der Waals surface area contributed by atoms with Crippen LogP contribution in [0.15, 0.2) is 46.8 Å². The number of nitrogens with one attached hydrogen (secondary N) is 1. The van der Waals surface area contributed by atoms with Crippen molar-refractivity contribution in [2.45, 2.75) is 0 Å². The molecule has 0 saturated carbocycles. The number of aromatic amines is 1. The molecular formula is C17H16N4O2S. The van der Waals surface area contributed by atoms with Crippen molar-refractivity contribution >= 4 is 33.7 Å². The van der Waals surface area contributed by atoms with Crippen LogP contribution in [0.4, 0.5) is 5.69 Å². The summed E-state index contributed by atoms with van der Waals surface area (Å²) in [7, 11) is 0. The van der Waals surface area contributed by atoms with Crippen LogP contribution in [0, 0.1) is 0 Å². The second kappa shape index (κ2) is 6.09. The smallest absolute Gasteiger partial charge is 0.305 e. The van der Waals surface area contributed by atoms with E-state index in [-0.39, 0.29) is 10.8 Å². The minimum absolute atomic E-state index is 0.107. The number of carbonyl (C=O) groups excluding carboxylic acids is 1. The molecule has 1 fully saturated rings. The maximum atomic E-state index is 12.4. The molecule has 7 heteroatoms. The van der Waals surface area contributed by atoms with E-state index in [0.717, 1.165) is 35.5 Å². The van der Waals surface area contributed by atoms with Gasteiger partial charge in [-0.1, -0.05) is 35.6 Å². The van der Waals surface area contributed by atoms with Crippen molar-refractivity contribution in [3.63, 3.8) is 0 Å². The molecule has 24 heavy (non-hydrogen) atoms. The molecule has 3 aromatic rings. The second-order valence-electron chi connectivity index (χ2n) is 5.72. The number of fused-ring (bicyclic) bond motifs is 1. The molecule has 4 rings (SSSR count). The monoisotopic (exact) mass is 340 g/mol. The first kappa shape index (κ1) is 14.9. The Labute approximate surface area is 142 Å². The van der Waals surface area contributed by atoms with Crippen molar-refractivity contribution in [1.29, 1.82) is 0 Å². The SMILES string of the molecule is O=C(c1csc(=O)[nH]1)N1CCN(c2cncc3ccccc23)CC1. The number of thiazole rings is 1. The van der Waals surface area contributed by atoms with Gasteiger partial charge >= 0.3 is 4.87 Å². The third-order valence-electron chi connectivity index (χ3n) is 4.31. The summed E-state index contributed by atoms with van der Waals surface area (Å²) in [5.41, 5.74) is 1.48. The third kappa shape index (κ3) is 2.67. The Morgan fingerprint density at radius 1 is 1.12 bits per heavy atom. The number of anilines is 1. The molecule has 1 saturated heterocycles. The maximum absolute atomic E-state index is 12.4. The number of amides is 1. The van der Waals surface area contributed by atoms with Gasteiger partial charge in [0.25, 0.3) is 5.91 Å². The highest BCUT2D eigenvalue weighted by atomic mass is 32.1. The molecule has 122 valence electrons. The Morgan fingerprint density at radius 3 is 2.67 bits per heavy atom. The molecule has 1 N–H and O–H groups in total. The lowest BCUT2D eigenvalue weighted by atomic mass is 10.1. The van der Waals surface area contributed by atoms with E-state index in [0.29, 0.717) is 18.8 Å². The van der Waals surface area contributed by atoms with Gasteiger partial charge in [-0.05, 0) is 0 Å². The number of rotatable bonds is 2. The van der Waals surface area contributed by atoms with Crippen LogP contribution in [0.1, 0.15) is 10.5 Å². The van der Waals surface area contributed by atoms with Crippen LogP contribution in [-0.4, -0.2) is 47.0 Å². The third-order valence-corrected chi connectivity index (χ3v) is 4.98. The molecular weight excluding hydrogens is 324 g/mol. The predicted molar refractivity (Wildman–Crippen MR) is 94.8 cm³/mol. The molecule has 0 bridgehead atoms. The van der Waals surface area contributed by atoms with Crippen molar-refractivity contribution in [3.8, 4) is 0 Å². The Bertz CT molecular complexity index is 935. The number of nitrogens with zero attached hydrogens (tertiary/aromatic N) is 3. The average Bonchev–Trinajstić information content (AvgIpc) is 3.07. The number of hydrogen-bond acceptors (Lipinski definition) is 5. The lowest BCUT2D eigenvalue weighted by molar-refractivity contribution is 0.0741. The van der Waals surface area contributed by atoms with Crippen molar-refractivity contribution < 1.29 is 4.79 Å². The number of benzene rings is 1. The number of piperazine rings is 1. The molecule has 1 aromatic carbocycles. The quantitative estimate of drug-likeness (QED) is 0.774. The molecule has 3 heterocycles. The van der Waals surface area contributed by atoms with E-state index in [2.05, 4.69) is 27.0 Å². The molecule has 0 atom stereocenters. The minimum Gasteiger partial charge on any atom is -0.366 e. The van der Waals surface area contributed by atoms with Gasteiger partial charge in [0.15, 0.2) is 0 Å². The molecule has 1 amide bonds. The fourth-order valence-corrected chi connectivity index (χ4v) is 3.61. The average molecular weight is 340 g/mol. The summed E-state index contributed by atoms with van der Waals surface area (Å²) < 4.78 is 0. The normalized spacial score (nSPS) is 15.0. The summed E-state index contributed by atoms with van der Waals surface area (Å²) in [5.74, 6) is -0.107. The van der Waals surface area contributed by atoms with E-state index in [1.807, 2.05) is 24.5 Å². The highest BCUT2D eigenvalue weighted by Crippen LogP contribution is 2.26. The van der Waals surface area contributed by atoms with Crippen LogP contribution in [-0.2, 0) is 0 Å². The Morgan fingerprint density at radius 2 is 1.92 bits per heavy atom. The molecule has 0 aliphatic carbocycles. The standard InChI is InChI=1S/C17H16N4O2S/c22-16(14-11-24-17(23)19-14)21-7-5-20(6-8-21)15-10-18-9-12-3-1-2-4-13(12)15/h1-4,9-11H,5-8H2,(H,19,23). The molecule has 0 unspecified atom stereocenters. The summed E-state index contributed by atoms with van der Waals surface area (Å²) in [6.45, 7) is 2.74. The summed E-state index contributed by atoms with van der Waals surface area (Å²) in [5, 5.41) is 3.88. The van der Waals surface area contributed by atoms with Gasteiger partial charge in [0.2, 0.25) is 0 Å². The largest absolute Gasteiger partial charge is 0.366 e. The highest BCUT2D eigenvalue weighted by Gasteiger charge is 2.24. The van der Waals surface area contributed by atoms with Crippen LogP contribution in [0.2, 0.25) is 0 Å². The van der Waals surface area contributed by atoms with Crippen LogP contribution in [0.3, 0.4) is 0 Å². The van der Waals surface area contributed by atoms with Crippen LogP contribution < -0.4 is 9.77 Å². The van der Waals surface area contributed by atoms with Gasteiger partial charge in [0.05, 0.1) is 11.9 Å². The Kier molecular flexibility index (Phi) is 3.78. The van der Waals surface area contributed by atoms with Crippen molar-refractivity contribution in [3.05, 3.63) is 57.4 Å². The maximum Gasteiger partial charge on any atom is 0.305 e. The van der Waals surface area contributed by atoms with E-state index in [1.165, 1.54) is 5.39 Å². The van der Waals surface area contributed by atoms with Gasteiger partial charge in [0, 0.05) is 48.5 Å². The van der Waals surface area contributed by atoms with Crippen LogP contribution in [0.5, 0.6) is 0 Å². The van der Waals surface area contributed by atoms with E-state index < -0.39 is 0 Å². The van der Waals surface area contributed by atoms with Gasteiger partial charge in [-0.25, -0.2) is 0 Å². The fraction of sp³-hybridized carbons (Fsp3) is 0.235. The number of aromatic nitrogens is 2. The van der Waals surface area contributed by atoms with Gasteiger partial charge in [-0.2, -0.15) is 0 Å². The highest BCUT2D eigenvalue weighted by molar-refractivity contribution is 7.07. The minimum atomic E-state index is -0.196. The van der Waals surface area contributed by atoms with Crippen molar-refractivity contribution in [2.24, 2.45) is 0 Å². The van der Waals surface area contributed by atoms with Gasteiger partial charge in [0.1, 0.15) is 5.69 Å². The number of H-pyrrole nitrogens is 1. The van der Waals surface area contributed by atoms with Gasteiger partial charge in [-0.3, -0.25) is 14.6 Å². The van der Waals surface area contributed by atoms with Crippen molar-refractivity contribution in [2.75, 3.05) is 31.1 Å². The number of hydrogen-bond donors (Lipinski definition) is 1. The molecule has 0 spiro atoms. The zero-order chi connectivity index (χ0) is 16.5. The lowest BCUT2D eigenvalue weighted by Gasteiger charge is -2.36. The first-order chi connectivity index (χ1) is 11.7. The summed E-state index contributed by atoms with van der Waals surface area (Å²) in [6, 6.07) is 8.18.